The van der Waals surface area contributed by atoms with Gasteiger partial charge in [-0.2, -0.15) is 0 Å². The fourth-order valence-electron chi connectivity index (χ4n) is 1.65. The van der Waals surface area contributed by atoms with E-state index in [1.54, 1.807) is 12.1 Å². The van der Waals surface area contributed by atoms with Gasteiger partial charge in [-0.3, -0.25) is 0 Å². The molecule has 0 atom stereocenters. The van der Waals surface area contributed by atoms with Crippen LogP contribution in [0.5, 0.6) is 11.5 Å². The second-order valence-electron chi connectivity index (χ2n) is 3.68. The van der Waals surface area contributed by atoms with E-state index in [-0.39, 0.29) is 0 Å². The highest BCUT2D eigenvalue weighted by Gasteiger charge is 2.18. The molecular formula is C13H12ClNO4S. The van der Waals surface area contributed by atoms with Crippen molar-refractivity contribution in [3.8, 4) is 22.1 Å². The Morgan fingerprint density at radius 3 is 2.60 bits per heavy atom. The van der Waals surface area contributed by atoms with Crippen molar-refractivity contribution in [2.75, 3.05) is 21.3 Å². The maximum absolute atomic E-state index is 11.4. The summed E-state index contributed by atoms with van der Waals surface area (Å²) in [5.41, 5.74) is 0.671. The van der Waals surface area contributed by atoms with Crippen LogP contribution < -0.4 is 9.47 Å². The summed E-state index contributed by atoms with van der Waals surface area (Å²) >= 11 is 7.49. The summed E-state index contributed by atoms with van der Waals surface area (Å²) in [7, 11) is 4.37. The molecule has 0 aliphatic rings. The van der Waals surface area contributed by atoms with Crippen LogP contribution in [0.25, 0.3) is 10.6 Å². The number of aromatic nitrogens is 1. The highest BCUT2D eigenvalue weighted by atomic mass is 35.5. The molecule has 0 bridgehead atoms. The van der Waals surface area contributed by atoms with Crippen LogP contribution >= 0.6 is 22.9 Å². The Balaban J connectivity index is 2.48. The van der Waals surface area contributed by atoms with Gasteiger partial charge in [0.2, 0.25) is 0 Å². The van der Waals surface area contributed by atoms with Crippen molar-refractivity contribution < 1.29 is 19.0 Å². The van der Waals surface area contributed by atoms with Crippen molar-refractivity contribution in [1.29, 1.82) is 0 Å². The van der Waals surface area contributed by atoms with Gasteiger partial charge in [-0.05, 0) is 12.1 Å². The second-order valence-corrected chi connectivity index (χ2v) is 5.09. The molecule has 20 heavy (non-hydrogen) atoms. The number of thiazole rings is 1. The lowest BCUT2D eigenvalue weighted by Crippen LogP contribution is -1.96. The van der Waals surface area contributed by atoms with Gasteiger partial charge in [-0.15, -0.1) is 11.3 Å². The van der Waals surface area contributed by atoms with E-state index >= 15 is 0 Å². The topological polar surface area (TPSA) is 57.7 Å². The molecule has 2 rings (SSSR count). The van der Waals surface area contributed by atoms with E-state index in [9.17, 15) is 4.79 Å². The van der Waals surface area contributed by atoms with Gasteiger partial charge in [0.1, 0.15) is 9.88 Å². The molecule has 0 saturated heterocycles. The summed E-state index contributed by atoms with van der Waals surface area (Å²) in [5.74, 6) is 0.540. The number of ether oxygens (including phenoxy) is 3. The third-order valence-electron chi connectivity index (χ3n) is 2.61. The number of carbonyl (C=O) groups excluding carboxylic acids is 1. The molecule has 0 unspecified atom stereocenters. The normalized spacial score (nSPS) is 10.2. The van der Waals surface area contributed by atoms with Crippen molar-refractivity contribution in [3.63, 3.8) is 0 Å². The Kier molecular flexibility index (Phi) is 4.46. The molecule has 0 aliphatic carbocycles. The van der Waals surface area contributed by atoms with Gasteiger partial charge in [0, 0.05) is 5.56 Å². The molecule has 7 heteroatoms. The second kappa shape index (κ2) is 6.11. The minimum Gasteiger partial charge on any atom is -0.493 e. The molecule has 2 aromatic rings. The Bertz CT molecular complexity index is 641. The van der Waals surface area contributed by atoms with Gasteiger partial charge in [-0.1, -0.05) is 11.6 Å². The number of benzene rings is 1. The minimum atomic E-state index is -0.426. The number of methoxy groups -OCH3 is 3. The standard InChI is InChI=1S/C13H12ClNO4S/c1-17-8-5-4-7(10(14)11(8)18-2)12-15-6-9(20-12)13(16)19-3/h4-6H,1-3H3. The van der Waals surface area contributed by atoms with Crippen LogP contribution in [-0.4, -0.2) is 32.3 Å². The monoisotopic (exact) mass is 313 g/mol. The summed E-state index contributed by atoms with van der Waals surface area (Å²) in [6.07, 6.45) is 1.46. The molecule has 0 aliphatic heterocycles. The molecule has 5 nitrogen and oxygen atoms in total. The summed E-state index contributed by atoms with van der Waals surface area (Å²) in [4.78, 5) is 16.0. The fraction of sp³-hybridized carbons (Fsp3) is 0.231. The van der Waals surface area contributed by atoms with E-state index in [2.05, 4.69) is 9.72 Å². The van der Waals surface area contributed by atoms with Crippen LogP contribution in [0.4, 0.5) is 0 Å². The van der Waals surface area contributed by atoms with E-state index in [0.717, 1.165) is 0 Å². The van der Waals surface area contributed by atoms with Crippen molar-refractivity contribution in [1.82, 2.24) is 4.98 Å². The summed E-state index contributed by atoms with van der Waals surface area (Å²) < 4.78 is 15.1. The number of hydrogen-bond donors (Lipinski definition) is 0. The molecule has 1 heterocycles. The molecule has 1 aromatic heterocycles. The van der Waals surface area contributed by atoms with Crippen LogP contribution in [0.2, 0.25) is 5.02 Å². The molecule has 0 N–H and O–H groups in total. The number of nitrogens with zero attached hydrogens (tertiary/aromatic N) is 1. The zero-order valence-corrected chi connectivity index (χ0v) is 12.7. The zero-order valence-electron chi connectivity index (χ0n) is 11.1. The van der Waals surface area contributed by atoms with Gasteiger partial charge in [-0.25, -0.2) is 9.78 Å². The van der Waals surface area contributed by atoms with E-state index in [4.69, 9.17) is 21.1 Å². The van der Waals surface area contributed by atoms with E-state index in [1.165, 1.54) is 38.9 Å². The maximum atomic E-state index is 11.4. The molecular weight excluding hydrogens is 302 g/mol. The number of carbonyl (C=O) groups is 1. The quantitative estimate of drug-likeness (QED) is 0.811. The number of halogens is 1. The van der Waals surface area contributed by atoms with Crippen LogP contribution in [-0.2, 0) is 4.74 Å². The zero-order chi connectivity index (χ0) is 14.7. The number of rotatable bonds is 4. The molecule has 0 spiro atoms. The minimum absolute atomic E-state index is 0.387. The van der Waals surface area contributed by atoms with Crippen molar-refractivity contribution in [3.05, 3.63) is 28.2 Å². The maximum Gasteiger partial charge on any atom is 0.349 e. The largest absolute Gasteiger partial charge is 0.493 e. The Morgan fingerprint density at radius 2 is 2.00 bits per heavy atom. The van der Waals surface area contributed by atoms with Crippen LogP contribution in [0.3, 0.4) is 0 Å². The molecule has 0 amide bonds. The lowest BCUT2D eigenvalue weighted by atomic mass is 10.2. The van der Waals surface area contributed by atoms with Crippen LogP contribution in [0.1, 0.15) is 9.67 Å². The first-order chi connectivity index (χ1) is 9.62. The van der Waals surface area contributed by atoms with Crippen molar-refractivity contribution >= 4 is 28.9 Å². The summed E-state index contributed by atoms with van der Waals surface area (Å²) in [6.45, 7) is 0. The fourth-order valence-corrected chi connectivity index (χ4v) is 2.89. The first-order valence-electron chi connectivity index (χ1n) is 5.57. The van der Waals surface area contributed by atoms with Gasteiger partial charge in [0.25, 0.3) is 0 Å². The predicted octanol–water partition coefficient (Wildman–Crippen LogP) is 3.27. The molecule has 0 saturated carbocycles. The average molecular weight is 314 g/mol. The van der Waals surface area contributed by atoms with Crippen molar-refractivity contribution in [2.45, 2.75) is 0 Å². The Labute approximate surface area is 125 Å². The van der Waals surface area contributed by atoms with Gasteiger partial charge >= 0.3 is 5.97 Å². The predicted molar refractivity (Wildman–Crippen MR) is 77.0 cm³/mol. The molecule has 0 radical (unpaired) electrons. The van der Waals surface area contributed by atoms with Gasteiger partial charge in [0.05, 0.1) is 32.5 Å². The molecule has 1 aromatic carbocycles. The molecule has 106 valence electrons. The smallest absolute Gasteiger partial charge is 0.349 e. The Hall–Kier alpha value is -1.79. The van der Waals surface area contributed by atoms with Crippen LogP contribution in [0, 0.1) is 0 Å². The first kappa shape index (κ1) is 14.6. The number of hydrogen-bond acceptors (Lipinski definition) is 6. The van der Waals surface area contributed by atoms with Crippen molar-refractivity contribution in [2.24, 2.45) is 0 Å². The lowest BCUT2D eigenvalue weighted by Gasteiger charge is -2.11. The van der Waals surface area contributed by atoms with E-state index in [1.807, 2.05) is 0 Å². The summed E-state index contributed by atoms with van der Waals surface area (Å²) in [6, 6.07) is 3.50. The van der Waals surface area contributed by atoms with Crippen LogP contribution in [0.15, 0.2) is 18.3 Å². The van der Waals surface area contributed by atoms with E-state index < -0.39 is 5.97 Å². The third-order valence-corrected chi connectivity index (χ3v) is 3.99. The van der Waals surface area contributed by atoms with Gasteiger partial charge in [0.15, 0.2) is 11.5 Å². The Morgan fingerprint density at radius 1 is 1.25 bits per heavy atom. The number of esters is 1. The summed E-state index contributed by atoms with van der Waals surface area (Å²) in [5, 5.41) is 0.994. The highest BCUT2D eigenvalue weighted by molar-refractivity contribution is 7.16. The van der Waals surface area contributed by atoms with Gasteiger partial charge < -0.3 is 14.2 Å². The van der Waals surface area contributed by atoms with E-state index in [0.29, 0.717) is 32.0 Å². The average Bonchev–Trinajstić information content (AvgIpc) is 2.95. The molecule has 0 fully saturated rings. The highest BCUT2D eigenvalue weighted by Crippen LogP contribution is 2.42. The SMILES string of the molecule is COC(=O)c1cnc(-c2ccc(OC)c(OC)c2Cl)s1. The lowest BCUT2D eigenvalue weighted by molar-refractivity contribution is 0.0606. The third kappa shape index (κ3) is 2.57. The first-order valence-corrected chi connectivity index (χ1v) is 6.76.